The van der Waals surface area contributed by atoms with E-state index in [2.05, 4.69) is 31.5 Å². The molecule has 0 saturated heterocycles. The smallest absolute Gasteiger partial charge is 0.321 e. The minimum Gasteiger partial charge on any atom is -0.321 e. The summed E-state index contributed by atoms with van der Waals surface area (Å²) >= 11 is 3.04. The third-order valence-corrected chi connectivity index (χ3v) is 2.81. The Morgan fingerprint density at radius 3 is 2.58 bits per heavy atom. The van der Waals surface area contributed by atoms with Gasteiger partial charge in [0.25, 0.3) is 0 Å². The molecule has 19 heavy (non-hydrogen) atoms. The molecule has 2 N–H and O–H groups in total. The maximum absolute atomic E-state index is 12.7. The van der Waals surface area contributed by atoms with Gasteiger partial charge in [-0.15, -0.1) is 5.10 Å². The van der Waals surface area contributed by atoms with Crippen LogP contribution in [-0.4, -0.2) is 20.2 Å². The highest BCUT2D eigenvalue weighted by atomic mass is 79.9. The van der Waals surface area contributed by atoms with Gasteiger partial charge in [-0.2, -0.15) is 17.9 Å². The van der Waals surface area contributed by atoms with Crippen LogP contribution in [0.3, 0.4) is 0 Å². The van der Waals surface area contributed by atoms with E-state index in [1.54, 1.807) is 6.92 Å². The van der Waals surface area contributed by atoms with Crippen molar-refractivity contribution in [3.8, 4) is 5.69 Å². The molecular formula is C10H9BrF3N5. The first kappa shape index (κ1) is 13.9. The number of hydrogen-bond donors (Lipinski definition) is 1. The summed E-state index contributed by atoms with van der Waals surface area (Å²) in [5, 5.41) is 10.8. The average molecular weight is 336 g/mol. The standard InChI is InChI=1S/C10H9BrF3N5/c1-5(15)9-16-17-18-19(9)8-3-6(10(12,13)14)2-7(11)4-8/h2-5H,15H2,1H3. The minimum absolute atomic E-state index is 0.194. The van der Waals surface area contributed by atoms with Crippen LogP contribution in [0.25, 0.3) is 5.69 Å². The molecule has 0 amide bonds. The lowest BCUT2D eigenvalue weighted by atomic mass is 10.2. The maximum Gasteiger partial charge on any atom is 0.416 e. The summed E-state index contributed by atoms with van der Waals surface area (Å²) < 4.78 is 39.7. The fourth-order valence-electron chi connectivity index (χ4n) is 1.52. The molecule has 1 unspecified atom stereocenters. The third-order valence-electron chi connectivity index (χ3n) is 2.36. The number of nitrogens with two attached hydrogens (primary N) is 1. The van der Waals surface area contributed by atoms with Crippen molar-refractivity contribution in [2.45, 2.75) is 19.1 Å². The first-order valence-corrected chi connectivity index (χ1v) is 6.00. The number of aromatic nitrogens is 4. The normalized spacial score (nSPS) is 13.6. The van der Waals surface area contributed by atoms with E-state index in [0.29, 0.717) is 0 Å². The quantitative estimate of drug-likeness (QED) is 0.915. The van der Waals surface area contributed by atoms with Crippen molar-refractivity contribution in [2.75, 3.05) is 0 Å². The Morgan fingerprint density at radius 1 is 1.32 bits per heavy atom. The van der Waals surface area contributed by atoms with Gasteiger partial charge in [0, 0.05) is 4.47 Å². The van der Waals surface area contributed by atoms with Crippen LogP contribution in [0, 0.1) is 0 Å². The summed E-state index contributed by atoms with van der Waals surface area (Å²) in [6.45, 7) is 1.64. The van der Waals surface area contributed by atoms with E-state index in [1.807, 2.05) is 0 Å². The van der Waals surface area contributed by atoms with Crippen molar-refractivity contribution >= 4 is 15.9 Å². The van der Waals surface area contributed by atoms with E-state index < -0.39 is 17.8 Å². The second-order valence-corrected chi connectivity index (χ2v) is 4.85. The van der Waals surface area contributed by atoms with E-state index >= 15 is 0 Å². The van der Waals surface area contributed by atoms with Crippen LogP contribution >= 0.6 is 15.9 Å². The first-order chi connectivity index (χ1) is 8.79. The molecule has 0 aliphatic heterocycles. The van der Waals surface area contributed by atoms with E-state index in [1.165, 1.54) is 10.7 Å². The van der Waals surface area contributed by atoms with E-state index in [9.17, 15) is 13.2 Å². The minimum atomic E-state index is -4.44. The van der Waals surface area contributed by atoms with Gasteiger partial charge in [0.1, 0.15) is 0 Å². The Morgan fingerprint density at radius 2 is 2.00 bits per heavy atom. The molecule has 2 rings (SSSR count). The highest BCUT2D eigenvalue weighted by molar-refractivity contribution is 9.10. The van der Waals surface area contributed by atoms with Crippen LogP contribution in [-0.2, 0) is 6.18 Å². The molecule has 9 heteroatoms. The number of nitrogens with zero attached hydrogens (tertiary/aromatic N) is 4. The van der Waals surface area contributed by atoms with Crippen LogP contribution in [0.5, 0.6) is 0 Å². The van der Waals surface area contributed by atoms with Gasteiger partial charge in [-0.1, -0.05) is 15.9 Å². The van der Waals surface area contributed by atoms with Crippen LogP contribution in [0.15, 0.2) is 22.7 Å². The topological polar surface area (TPSA) is 69.6 Å². The molecule has 102 valence electrons. The molecule has 0 fully saturated rings. The van der Waals surface area contributed by atoms with Crippen molar-refractivity contribution in [3.63, 3.8) is 0 Å². The molecule has 0 spiro atoms. The van der Waals surface area contributed by atoms with Crippen molar-refractivity contribution in [1.82, 2.24) is 20.2 Å². The lowest BCUT2D eigenvalue weighted by Crippen LogP contribution is -2.14. The highest BCUT2D eigenvalue weighted by Crippen LogP contribution is 2.33. The number of halogens is 4. The number of benzene rings is 1. The summed E-state index contributed by atoms with van der Waals surface area (Å²) in [4.78, 5) is 0. The monoisotopic (exact) mass is 335 g/mol. The summed E-state index contributed by atoms with van der Waals surface area (Å²) in [6, 6.07) is 2.94. The fraction of sp³-hybridized carbons (Fsp3) is 0.300. The van der Waals surface area contributed by atoms with Crippen molar-refractivity contribution in [2.24, 2.45) is 5.73 Å². The van der Waals surface area contributed by atoms with Gasteiger partial charge in [-0.3, -0.25) is 0 Å². The highest BCUT2D eigenvalue weighted by Gasteiger charge is 2.31. The predicted molar refractivity (Wildman–Crippen MR) is 64.5 cm³/mol. The molecule has 1 atom stereocenters. The molecule has 5 nitrogen and oxygen atoms in total. The maximum atomic E-state index is 12.7. The van der Waals surface area contributed by atoms with E-state index in [0.717, 1.165) is 12.1 Å². The summed E-state index contributed by atoms with van der Waals surface area (Å²) in [6.07, 6.45) is -4.44. The number of hydrogen-bond acceptors (Lipinski definition) is 4. The van der Waals surface area contributed by atoms with E-state index in [-0.39, 0.29) is 16.0 Å². The second kappa shape index (κ2) is 4.89. The molecule has 1 aromatic heterocycles. The SMILES string of the molecule is CC(N)c1nnnn1-c1cc(Br)cc(C(F)(F)F)c1. The van der Waals surface area contributed by atoms with Crippen LogP contribution < -0.4 is 5.73 Å². The molecule has 0 radical (unpaired) electrons. The van der Waals surface area contributed by atoms with Crippen LogP contribution in [0.1, 0.15) is 24.4 Å². The average Bonchev–Trinajstić information content (AvgIpc) is 2.75. The van der Waals surface area contributed by atoms with Gasteiger partial charge in [-0.05, 0) is 35.5 Å². The Bertz CT molecular complexity index is 593. The van der Waals surface area contributed by atoms with Gasteiger partial charge >= 0.3 is 6.18 Å². The van der Waals surface area contributed by atoms with Crippen molar-refractivity contribution in [1.29, 1.82) is 0 Å². The molecular weight excluding hydrogens is 327 g/mol. The summed E-state index contributed by atoms with van der Waals surface area (Å²) in [5.74, 6) is 0.284. The number of rotatable bonds is 2. The Kier molecular flexibility index (Phi) is 3.59. The summed E-state index contributed by atoms with van der Waals surface area (Å²) in [7, 11) is 0. The second-order valence-electron chi connectivity index (χ2n) is 3.93. The van der Waals surface area contributed by atoms with Crippen molar-refractivity contribution < 1.29 is 13.2 Å². The number of tetrazole rings is 1. The van der Waals surface area contributed by atoms with Crippen LogP contribution in [0.4, 0.5) is 13.2 Å². The van der Waals surface area contributed by atoms with Gasteiger partial charge < -0.3 is 5.73 Å². The predicted octanol–water partition coefficient (Wildman–Crippen LogP) is 2.46. The van der Waals surface area contributed by atoms with Crippen molar-refractivity contribution in [3.05, 3.63) is 34.1 Å². The van der Waals surface area contributed by atoms with Gasteiger partial charge in [-0.25, -0.2) is 0 Å². The molecule has 1 aromatic carbocycles. The zero-order chi connectivity index (χ0) is 14.2. The molecule has 0 aliphatic carbocycles. The Labute approximate surface area is 114 Å². The molecule has 0 bridgehead atoms. The molecule has 0 aliphatic rings. The Hall–Kier alpha value is -1.48. The summed E-state index contributed by atoms with van der Waals surface area (Å²) in [5.41, 5.74) is 5.07. The van der Waals surface area contributed by atoms with Gasteiger partial charge in [0.2, 0.25) is 0 Å². The molecule has 0 saturated carbocycles. The van der Waals surface area contributed by atoms with Gasteiger partial charge in [0.15, 0.2) is 5.82 Å². The van der Waals surface area contributed by atoms with Gasteiger partial charge in [0.05, 0.1) is 17.3 Å². The molecule has 1 heterocycles. The van der Waals surface area contributed by atoms with E-state index in [4.69, 9.17) is 5.73 Å². The lowest BCUT2D eigenvalue weighted by molar-refractivity contribution is -0.137. The largest absolute Gasteiger partial charge is 0.416 e. The third kappa shape index (κ3) is 2.92. The fourth-order valence-corrected chi connectivity index (χ4v) is 2.00. The molecule has 2 aromatic rings. The van der Waals surface area contributed by atoms with Crippen LogP contribution in [0.2, 0.25) is 0 Å². The lowest BCUT2D eigenvalue weighted by Gasteiger charge is -2.11. The number of alkyl halides is 3. The Balaban J connectivity index is 2.57. The zero-order valence-electron chi connectivity index (χ0n) is 9.69. The zero-order valence-corrected chi connectivity index (χ0v) is 11.3. The first-order valence-electron chi connectivity index (χ1n) is 5.21.